The minimum Gasteiger partial charge on any atom is -0.421 e. The first kappa shape index (κ1) is 16.3. The van der Waals surface area contributed by atoms with Gasteiger partial charge in [0.15, 0.2) is 5.83 Å². The van der Waals surface area contributed by atoms with E-state index in [-0.39, 0.29) is 5.75 Å². The average Bonchev–Trinajstić information content (AvgIpc) is 2.54. The van der Waals surface area contributed by atoms with E-state index in [9.17, 15) is 18.0 Å². The quantitative estimate of drug-likeness (QED) is 0.484. The molecule has 0 amide bonds. The number of nitriles is 1. The Kier molecular flexibility index (Phi) is 4.82. The molecule has 0 spiro atoms. The minimum atomic E-state index is -1.84. The molecule has 0 saturated carbocycles. The maximum Gasteiger partial charge on any atom is 0.375 e. The maximum absolute atomic E-state index is 13.9. The molecule has 0 aromatic heterocycles. The van der Waals surface area contributed by atoms with Crippen LogP contribution in [0, 0.1) is 24.1 Å². The number of hydrogen-bond acceptors (Lipinski definition) is 3. The lowest BCUT2D eigenvalue weighted by Crippen LogP contribution is -2.10. The predicted molar refractivity (Wildman–Crippen MR) is 77.1 cm³/mol. The number of carbonyl (C=O) groups is 1. The number of ether oxygens (including phenoxy) is 1. The van der Waals surface area contributed by atoms with E-state index in [1.54, 1.807) is 6.92 Å². The molecule has 0 saturated heterocycles. The molecule has 0 aliphatic heterocycles. The third kappa shape index (κ3) is 3.77. The van der Waals surface area contributed by atoms with Crippen LogP contribution in [0.25, 0.3) is 5.83 Å². The van der Waals surface area contributed by atoms with E-state index in [2.05, 4.69) is 4.74 Å². The summed E-state index contributed by atoms with van der Waals surface area (Å²) in [7, 11) is 0. The highest BCUT2D eigenvalue weighted by molar-refractivity contribution is 5.95. The number of benzene rings is 2. The van der Waals surface area contributed by atoms with Crippen molar-refractivity contribution in [3.8, 4) is 11.8 Å². The molecule has 0 heterocycles. The summed E-state index contributed by atoms with van der Waals surface area (Å²) in [6.07, 6.45) is 0. The normalized spacial score (nSPS) is 11.4. The van der Waals surface area contributed by atoms with Crippen molar-refractivity contribution in [1.29, 1.82) is 5.26 Å². The molecular weight excluding hydrogens is 307 g/mol. The van der Waals surface area contributed by atoms with E-state index < -0.39 is 29.0 Å². The van der Waals surface area contributed by atoms with Gasteiger partial charge in [0.25, 0.3) is 0 Å². The van der Waals surface area contributed by atoms with Gasteiger partial charge in [-0.05, 0) is 48.9 Å². The molecule has 0 atom stereocenters. The molecular formula is C17H10F3NO2. The standard InChI is InChI=1S/C17H10F3NO2/c1-10-2-7-13(14(18)8-10)15(19)16(20)17(22)23-12-5-3-11(9-21)4-6-12/h2-8H,1H3. The van der Waals surface area contributed by atoms with Gasteiger partial charge in [0.2, 0.25) is 5.83 Å². The van der Waals surface area contributed by atoms with Gasteiger partial charge in [0.05, 0.1) is 11.6 Å². The molecule has 2 aromatic carbocycles. The zero-order valence-electron chi connectivity index (χ0n) is 11.9. The molecule has 0 fully saturated rings. The van der Waals surface area contributed by atoms with Gasteiger partial charge in [-0.15, -0.1) is 0 Å². The second-order valence-corrected chi connectivity index (χ2v) is 4.64. The summed E-state index contributed by atoms with van der Waals surface area (Å²) in [5.74, 6) is -6.12. The largest absolute Gasteiger partial charge is 0.421 e. The van der Waals surface area contributed by atoms with E-state index in [0.29, 0.717) is 11.1 Å². The Morgan fingerprint density at radius 3 is 2.35 bits per heavy atom. The van der Waals surface area contributed by atoms with Crippen LogP contribution in [0.4, 0.5) is 13.2 Å². The van der Waals surface area contributed by atoms with E-state index in [4.69, 9.17) is 5.26 Å². The Bertz CT molecular complexity index is 821. The first-order chi connectivity index (χ1) is 10.9. The fourth-order valence-electron chi connectivity index (χ4n) is 1.76. The van der Waals surface area contributed by atoms with Crippen molar-refractivity contribution in [1.82, 2.24) is 0 Å². The third-order valence-electron chi connectivity index (χ3n) is 2.93. The summed E-state index contributed by atoms with van der Waals surface area (Å²) in [4.78, 5) is 11.6. The number of carbonyl (C=O) groups excluding carboxylic acids is 1. The summed E-state index contributed by atoms with van der Waals surface area (Å²) in [6, 6.07) is 10.5. The van der Waals surface area contributed by atoms with Crippen LogP contribution in [0.3, 0.4) is 0 Å². The second kappa shape index (κ2) is 6.79. The summed E-state index contributed by atoms with van der Waals surface area (Å²) in [5.41, 5.74) is 0.179. The zero-order valence-corrected chi connectivity index (χ0v) is 11.9. The Balaban J connectivity index is 2.24. The highest BCUT2D eigenvalue weighted by Gasteiger charge is 2.21. The fourth-order valence-corrected chi connectivity index (χ4v) is 1.76. The van der Waals surface area contributed by atoms with Crippen molar-refractivity contribution in [3.63, 3.8) is 0 Å². The number of esters is 1. The van der Waals surface area contributed by atoms with E-state index in [1.165, 1.54) is 30.3 Å². The van der Waals surface area contributed by atoms with Crippen molar-refractivity contribution < 1.29 is 22.7 Å². The fraction of sp³-hybridized carbons (Fsp3) is 0.0588. The smallest absolute Gasteiger partial charge is 0.375 e. The summed E-state index contributed by atoms with van der Waals surface area (Å²) < 4.78 is 46.0. The average molecular weight is 317 g/mol. The van der Waals surface area contributed by atoms with Crippen LogP contribution in [0.2, 0.25) is 0 Å². The summed E-state index contributed by atoms with van der Waals surface area (Å²) in [5, 5.41) is 8.63. The van der Waals surface area contributed by atoms with E-state index in [0.717, 1.165) is 12.1 Å². The van der Waals surface area contributed by atoms with Crippen LogP contribution < -0.4 is 4.74 Å². The highest BCUT2D eigenvalue weighted by Crippen LogP contribution is 2.26. The molecule has 2 rings (SSSR count). The highest BCUT2D eigenvalue weighted by atomic mass is 19.2. The zero-order chi connectivity index (χ0) is 17.0. The Morgan fingerprint density at radius 1 is 1.13 bits per heavy atom. The first-order valence-electron chi connectivity index (χ1n) is 6.46. The Hall–Kier alpha value is -3.07. The predicted octanol–water partition coefficient (Wildman–Crippen LogP) is 4.22. The SMILES string of the molecule is Cc1ccc(C(F)=C(F)C(=O)Oc2ccc(C#N)cc2)c(F)c1. The van der Waals surface area contributed by atoms with Crippen LogP contribution in [0.1, 0.15) is 16.7 Å². The molecule has 2 aromatic rings. The van der Waals surface area contributed by atoms with Crippen LogP contribution >= 0.6 is 0 Å². The number of aryl methyl sites for hydroxylation is 1. The number of halogens is 3. The van der Waals surface area contributed by atoms with Crippen molar-refractivity contribution in [3.05, 3.63) is 70.8 Å². The van der Waals surface area contributed by atoms with Crippen molar-refractivity contribution in [2.24, 2.45) is 0 Å². The molecule has 6 heteroatoms. The Morgan fingerprint density at radius 2 is 1.78 bits per heavy atom. The molecule has 0 bridgehead atoms. The first-order valence-corrected chi connectivity index (χ1v) is 6.46. The molecule has 23 heavy (non-hydrogen) atoms. The van der Waals surface area contributed by atoms with E-state index >= 15 is 0 Å². The molecule has 0 aliphatic rings. The summed E-state index contributed by atoms with van der Waals surface area (Å²) >= 11 is 0. The van der Waals surface area contributed by atoms with Crippen LogP contribution in [-0.4, -0.2) is 5.97 Å². The van der Waals surface area contributed by atoms with Gasteiger partial charge in [-0.25, -0.2) is 13.6 Å². The molecule has 0 aliphatic carbocycles. The maximum atomic E-state index is 13.9. The monoisotopic (exact) mass is 317 g/mol. The van der Waals surface area contributed by atoms with Crippen LogP contribution in [-0.2, 0) is 4.79 Å². The molecule has 0 radical (unpaired) electrons. The van der Waals surface area contributed by atoms with Crippen molar-refractivity contribution >= 4 is 11.8 Å². The minimum absolute atomic E-state index is 0.0682. The Labute approximate surface area is 130 Å². The molecule has 0 N–H and O–H groups in total. The van der Waals surface area contributed by atoms with Crippen molar-refractivity contribution in [2.75, 3.05) is 0 Å². The van der Waals surface area contributed by atoms with Gasteiger partial charge >= 0.3 is 5.97 Å². The van der Waals surface area contributed by atoms with Gasteiger partial charge in [-0.2, -0.15) is 9.65 Å². The van der Waals surface area contributed by atoms with Crippen molar-refractivity contribution in [2.45, 2.75) is 6.92 Å². The van der Waals surface area contributed by atoms with Crippen LogP contribution in [0.5, 0.6) is 5.75 Å². The molecule has 116 valence electrons. The van der Waals surface area contributed by atoms with Gasteiger partial charge in [-0.1, -0.05) is 6.07 Å². The number of hydrogen-bond donors (Lipinski definition) is 0. The molecule has 0 unspecified atom stereocenters. The topological polar surface area (TPSA) is 50.1 Å². The van der Waals surface area contributed by atoms with Gasteiger partial charge in [0.1, 0.15) is 11.6 Å². The molecule has 3 nitrogen and oxygen atoms in total. The lowest BCUT2D eigenvalue weighted by atomic mass is 10.1. The number of rotatable bonds is 3. The van der Waals surface area contributed by atoms with Crippen LogP contribution in [0.15, 0.2) is 48.3 Å². The van der Waals surface area contributed by atoms with E-state index in [1.807, 2.05) is 6.07 Å². The van der Waals surface area contributed by atoms with Gasteiger partial charge in [-0.3, -0.25) is 0 Å². The second-order valence-electron chi connectivity index (χ2n) is 4.64. The third-order valence-corrected chi connectivity index (χ3v) is 2.93. The van der Waals surface area contributed by atoms with Gasteiger partial charge in [0, 0.05) is 5.56 Å². The number of nitrogens with zero attached hydrogens (tertiary/aromatic N) is 1. The summed E-state index contributed by atoms with van der Waals surface area (Å²) in [6.45, 7) is 1.59. The lowest BCUT2D eigenvalue weighted by Gasteiger charge is -2.05. The lowest BCUT2D eigenvalue weighted by molar-refractivity contribution is -0.131. The van der Waals surface area contributed by atoms with Gasteiger partial charge < -0.3 is 4.74 Å².